The van der Waals surface area contributed by atoms with Crippen LogP contribution in [0.15, 0.2) is 48.7 Å². The summed E-state index contributed by atoms with van der Waals surface area (Å²) in [5, 5.41) is 3.75. The van der Waals surface area contributed by atoms with Crippen LogP contribution in [0.4, 0.5) is 5.69 Å². The van der Waals surface area contributed by atoms with Crippen molar-refractivity contribution in [1.82, 2.24) is 4.98 Å². The first kappa shape index (κ1) is 16.6. The summed E-state index contributed by atoms with van der Waals surface area (Å²) < 4.78 is 15.6. The average Bonchev–Trinajstić information content (AvgIpc) is 2.66. The van der Waals surface area contributed by atoms with Gasteiger partial charge in [0.2, 0.25) is 0 Å². The molecule has 0 aliphatic carbocycles. The van der Waals surface area contributed by atoms with Crippen LogP contribution in [0.5, 0.6) is 17.2 Å². The molecule has 0 spiro atoms. The number of pyridine rings is 1. The molecule has 0 bridgehead atoms. The maximum atomic E-state index is 12.5. The van der Waals surface area contributed by atoms with Crippen molar-refractivity contribution in [3.8, 4) is 17.2 Å². The zero-order chi connectivity index (χ0) is 17.8. The predicted octanol–water partition coefficient (Wildman–Crippen LogP) is 3.51. The molecule has 0 saturated carbocycles. The van der Waals surface area contributed by atoms with E-state index in [1.165, 1.54) is 7.11 Å². The zero-order valence-corrected chi connectivity index (χ0v) is 14.2. The minimum Gasteiger partial charge on any atom is -0.497 e. The van der Waals surface area contributed by atoms with Gasteiger partial charge >= 0.3 is 0 Å². The summed E-state index contributed by atoms with van der Waals surface area (Å²) >= 11 is 0. The van der Waals surface area contributed by atoms with Crippen LogP contribution < -0.4 is 19.5 Å². The fourth-order valence-corrected chi connectivity index (χ4v) is 2.48. The minimum absolute atomic E-state index is 0.254. The lowest BCUT2D eigenvalue weighted by Gasteiger charge is -2.10. The van der Waals surface area contributed by atoms with E-state index in [9.17, 15) is 4.79 Å². The van der Waals surface area contributed by atoms with Crippen LogP contribution in [0.3, 0.4) is 0 Å². The number of hydrogen-bond donors (Lipinski definition) is 1. The van der Waals surface area contributed by atoms with Crippen LogP contribution in [0.1, 0.15) is 10.4 Å². The van der Waals surface area contributed by atoms with Gasteiger partial charge in [-0.2, -0.15) is 0 Å². The summed E-state index contributed by atoms with van der Waals surface area (Å²) in [6.07, 6.45) is 1.61. The monoisotopic (exact) mass is 338 g/mol. The molecular formula is C19H18N2O4. The molecule has 0 unspecified atom stereocenters. The number of carbonyl (C=O) groups is 1. The van der Waals surface area contributed by atoms with Crippen molar-refractivity contribution >= 4 is 22.5 Å². The molecular weight excluding hydrogens is 320 g/mol. The van der Waals surface area contributed by atoms with Gasteiger partial charge in [0.1, 0.15) is 5.75 Å². The normalized spacial score (nSPS) is 10.4. The molecule has 1 N–H and O–H groups in total. The van der Waals surface area contributed by atoms with Crippen LogP contribution in [0.25, 0.3) is 10.9 Å². The smallest absolute Gasteiger partial charge is 0.255 e. The first-order chi connectivity index (χ1) is 12.1. The van der Waals surface area contributed by atoms with Crippen molar-refractivity contribution in [3.05, 3.63) is 54.2 Å². The van der Waals surface area contributed by atoms with E-state index in [0.29, 0.717) is 22.7 Å². The van der Waals surface area contributed by atoms with Crippen molar-refractivity contribution in [2.75, 3.05) is 26.6 Å². The number of ether oxygens (including phenoxy) is 3. The Balaban J connectivity index is 1.84. The molecule has 0 atom stereocenters. The zero-order valence-electron chi connectivity index (χ0n) is 14.2. The third-order valence-corrected chi connectivity index (χ3v) is 3.79. The van der Waals surface area contributed by atoms with Crippen LogP contribution >= 0.6 is 0 Å². The summed E-state index contributed by atoms with van der Waals surface area (Å²) in [5.41, 5.74) is 1.87. The van der Waals surface area contributed by atoms with Gasteiger partial charge in [-0.1, -0.05) is 0 Å². The Bertz CT molecular complexity index is 924. The SMILES string of the molecule is COc1ccc2cc(NC(=O)c3ccc(OC)c(OC)c3)cnc2c1. The first-order valence-corrected chi connectivity index (χ1v) is 7.62. The molecule has 6 heteroatoms. The number of anilines is 1. The minimum atomic E-state index is -0.254. The number of aromatic nitrogens is 1. The topological polar surface area (TPSA) is 69.7 Å². The van der Waals surface area contributed by atoms with E-state index in [1.54, 1.807) is 38.6 Å². The van der Waals surface area contributed by atoms with E-state index >= 15 is 0 Å². The summed E-state index contributed by atoms with van der Waals surface area (Å²) in [7, 11) is 4.69. The maximum Gasteiger partial charge on any atom is 0.255 e. The van der Waals surface area contributed by atoms with E-state index < -0.39 is 0 Å². The highest BCUT2D eigenvalue weighted by Crippen LogP contribution is 2.28. The van der Waals surface area contributed by atoms with Gasteiger partial charge in [0, 0.05) is 17.0 Å². The summed E-state index contributed by atoms with van der Waals surface area (Å²) in [5.74, 6) is 1.55. The maximum absolute atomic E-state index is 12.5. The highest BCUT2D eigenvalue weighted by atomic mass is 16.5. The molecule has 0 radical (unpaired) electrons. The van der Waals surface area contributed by atoms with Gasteiger partial charge < -0.3 is 19.5 Å². The van der Waals surface area contributed by atoms with E-state index in [-0.39, 0.29) is 5.91 Å². The number of benzene rings is 2. The second kappa shape index (κ2) is 7.09. The molecule has 0 aliphatic heterocycles. The van der Waals surface area contributed by atoms with Gasteiger partial charge in [0.15, 0.2) is 11.5 Å². The van der Waals surface area contributed by atoms with Crippen molar-refractivity contribution < 1.29 is 19.0 Å². The second-order valence-electron chi connectivity index (χ2n) is 5.31. The fourth-order valence-electron chi connectivity index (χ4n) is 2.48. The molecule has 25 heavy (non-hydrogen) atoms. The third kappa shape index (κ3) is 3.47. The van der Waals surface area contributed by atoms with Crippen LogP contribution in [0, 0.1) is 0 Å². The highest BCUT2D eigenvalue weighted by molar-refractivity contribution is 6.05. The van der Waals surface area contributed by atoms with Crippen LogP contribution in [-0.4, -0.2) is 32.2 Å². The predicted molar refractivity (Wildman–Crippen MR) is 95.8 cm³/mol. The van der Waals surface area contributed by atoms with Crippen molar-refractivity contribution in [2.45, 2.75) is 0 Å². The van der Waals surface area contributed by atoms with Crippen LogP contribution in [-0.2, 0) is 0 Å². The number of nitrogens with one attached hydrogen (secondary N) is 1. The summed E-state index contributed by atoms with van der Waals surface area (Å²) in [6, 6.07) is 12.5. The van der Waals surface area contributed by atoms with Gasteiger partial charge in [-0.3, -0.25) is 9.78 Å². The molecule has 3 aromatic rings. The van der Waals surface area contributed by atoms with Gasteiger partial charge in [-0.15, -0.1) is 0 Å². The van der Waals surface area contributed by atoms with E-state index in [2.05, 4.69) is 10.3 Å². The molecule has 1 heterocycles. The van der Waals surface area contributed by atoms with Gasteiger partial charge in [0.25, 0.3) is 5.91 Å². The number of carbonyl (C=O) groups excluding carboxylic acids is 1. The molecule has 3 rings (SSSR count). The number of rotatable bonds is 5. The second-order valence-corrected chi connectivity index (χ2v) is 5.31. The van der Waals surface area contributed by atoms with Crippen molar-refractivity contribution in [2.24, 2.45) is 0 Å². The lowest BCUT2D eigenvalue weighted by atomic mass is 10.1. The summed E-state index contributed by atoms with van der Waals surface area (Å²) in [4.78, 5) is 16.8. The van der Waals surface area contributed by atoms with Crippen LogP contribution in [0.2, 0.25) is 0 Å². The quantitative estimate of drug-likeness (QED) is 0.771. The largest absolute Gasteiger partial charge is 0.497 e. The molecule has 6 nitrogen and oxygen atoms in total. The highest BCUT2D eigenvalue weighted by Gasteiger charge is 2.11. The Kier molecular flexibility index (Phi) is 4.70. The molecule has 0 aliphatic rings. The lowest BCUT2D eigenvalue weighted by molar-refractivity contribution is 0.102. The Hall–Kier alpha value is -3.28. The molecule has 1 aromatic heterocycles. The number of amides is 1. The number of hydrogen-bond acceptors (Lipinski definition) is 5. The number of nitrogens with zero attached hydrogens (tertiary/aromatic N) is 1. The Morgan fingerprint density at radius 1 is 0.920 bits per heavy atom. The van der Waals surface area contributed by atoms with Gasteiger partial charge in [-0.05, 0) is 36.4 Å². The Labute approximate surface area is 145 Å². The first-order valence-electron chi connectivity index (χ1n) is 7.62. The van der Waals surface area contributed by atoms with Crippen molar-refractivity contribution in [1.29, 1.82) is 0 Å². The lowest BCUT2D eigenvalue weighted by Crippen LogP contribution is -2.12. The number of fused-ring (bicyclic) bond motifs is 1. The Morgan fingerprint density at radius 2 is 1.72 bits per heavy atom. The van der Waals surface area contributed by atoms with Crippen molar-refractivity contribution in [3.63, 3.8) is 0 Å². The van der Waals surface area contributed by atoms with Gasteiger partial charge in [-0.25, -0.2) is 0 Å². The molecule has 0 saturated heterocycles. The average molecular weight is 338 g/mol. The fraction of sp³-hybridized carbons (Fsp3) is 0.158. The van der Waals surface area contributed by atoms with E-state index in [0.717, 1.165) is 16.7 Å². The molecule has 0 fully saturated rings. The molecule has 1 amide bonds. The molecule has 2 aromatic carbocycles. The standard InChI is InChI=1S/C19H18N2O4/c1-23-15-6-4-12-8-14(11-20-16(12)10-15)21-19(22)13-5-7-17(24-2)18(9-13)25-3/h4-11H,1-3H3,(H,21,22). The summed E-state index contributed by atoms with van der Waals surface area (Å²) in [6.45, 7) is 0. The number of methoxy groups -OCH3 is 3. The Morgan fingerprint density at radius 3 is 2.44 bits per heavy atom. The molecule has 128 valence electrons. The van der Waals surface area contributed by atoms with Gasteiger partial charge in [0.05, 0.1) is 38.7 Å². The third-order valence-electron chi connectivity index (χ3n) is 3.79. The van der Waals surface area contributed by atoms with E-state index in [1.807, 2.05) is 24.3 Å². The van der Waals surface area contributed by atoms with E-state index in [4.69, 9.17) is 14.2 Å².